The average Bonchev–Trinajstić information content (AvgIpc) is 2.65. The molecule has 80 valence electrons. The van der Waals surface area contributed by atoms with Gasteiger partial charge in [0.1, 0.15) is 11.8 Å². The van der Waals surface area contributed by atoms with Crippen LogP contribution in [0.4, 0.5) is 0 Å². The van der Waals surface area contributed by atoms with Crippen molar-refractivity contribution >= 4 is 5.97 Å². The standard InChI is InChI=1S/C9H10N2O4/c10-2-1-7(12)8(13)5-3-6(9(14)15)11-4-5/h3-4,7-8,11-13H,1H2,(H,14,15). The summed E-state index contributed by atoms with van der Waals surface area (Å²) in [5.74, 6) is -1.15. The third-order valence-electron chi connectivity index (χ3n) is 1.94. The van der Waals surface area contributed by atoms with Crippen molar-refractivity contribution in [3.63, 3.8) is 0 Å². The topological polar surface area (TPSA) is 117 Å². The average molecular weight is 210 g/mol. The van der Waals surface area contributed by atoms with Crippen LogP contribution >= 0.6 is 0 Å². The van der Waals surface area contributed by atoms with Crippen molar-refractivity contribution in [2.45, 2.75) is 18.6 Å². The molecule has 1 aromatic heterocycles. The number of aromatic carboxylic acids is 1. The molecule has 4 N–H and O–H groups in total. The van der Waals surface area contributed by atoms with E-state index in [1.807, 2.05) is 0 Å². The van der Waals surface area contributed by atoms with Crippen LogP contribution in [0, 0.1) is 11.3 Å². The van der Waals surface area contributed by atoms with E-state index in [0.29, 0.717) is 0 Å². The van der Waals surface area contributed by atoms with Gasteiger partial charge in [0.05, 0.1) is 18.6 Å². The number of hydrogen-bond acceptors (Lipinski definition) is 4. The van der Waals surface area contributed by atoms with Crippen LogP contribution in [0.3, 0.4) is 0 Å². The SMILES string of the molecule is N#CCC(O)C(O)c1c[nH]c(C(=O)O)c1. The molecular formula is C9H10N2O4. The molecule has 1 heterocycles. The van der Waals surface area contributed by atoms with Crippen molar-refractivity contribution in [3.8, 4) is 6.07 Å². The van der Waals surface area contributed by atoms with E-state index in [-0.39, 0.29) is 17.7 Å². The third-order valence-corrected chi connectivity index (χ3v) is 1.94. The van der Waals surface area contributed by atoms with Gasteiger partial charge in [0, 0.05) is 11.8 Å². The van der Waals surface area contributed by atoms with E-state index in [4.69, 9.17) is 10.4 Å². The normalized spacial score (nSPS) is 14.2. The van der Waals surface area contributed by atoms with Crippen molar-refractivity contribution < 1.29 is 20.1 Å². The number of nitrogens with zero attached hydrogens (tertiary/aromatic N) is 1. The van der Waals surface area contributed by atoms with Crippen molar-refractivity contribution in [1.29, 1.82) is 5.26 Å². The minimum Gasteiger partial charge on any atom is -0.477 e. The van der Waals surface area contributed by atoms with E-state index < -0.39 is 18.2 Å². The minimum atomic E-state index is -1.26. The number of nitriles is 1. The van der Waals surface area contributed by atoms with Gasteiger partial charge >= 0.3 is 5.97 Å². The van der Waals surface area contributed by atoms with Gasteiger partial charge in [-0.2, -0.15) is 5.26 Å². The second-order valence-electron chi connectivity index (χ2n) is 3.03. The van der Waals surface area contributed by atoms with Crippen LogP contribution in [0.2, 0.25) is 0 Å². The number of aromatic amines is 1. The van der Waals surface area contributed by atoms with Gasteiger partial charge in [-0.1, -0.05) is 0 Å². The molecule has 6 heteroatoms. The zero-order chi connectivity index (χ0) is 11.4. The number of aromatic nitrogens is 1. The molecule has 0 aliphatic heterocycles. The van der Waals surface area contributed by atoms with Crippen molar-refractivity contribution in [1.82, 2.24) is 4.98 Å². The summed E-state index contributed by atoms with van der Waals surface area (Å²) in [5, 5.41) is 35.7. The van der Waals surface area contributed by atoms with Gasteiger partial charge in [-0.15, -0.1) is 0 Å². The molecule has 1 rings (SSSR count). The molecule has 1 aromatic rings. The van der Waals surface area contributed by atoms with Gasteiger partial charge in [0.2, 0.25) is 0 Å². The first-order valence-electron chi connectivity index (χ1n) is 4.21. The van der Waals surface area contributed by atoms with E-state index in [1.54, 1.807) is 6.07 Å². The number of carboxylic acids is 1. The summed E-state index contributed by atoms with van der Waals surface area (Å²) in [6.07, 6.45) is -1.40. The van der Waals surface area contributed by atoms with Gasteiger partial charge < -0.3 is 20.3 Å². The first kappa shape index (κ1) is 11.2. The lowest BCUT2D eigenvalue weighted by molar-refractivity contribution is 0.0217. The molecule has 0 aliphatic carbocycles. The van der Waals surface area contributed by atoms with Crippen LogP contribution in [-0.4, -0.2) is 32.4 Å². The quantitative estimate of drug-likeness (QED) is 0.558. The number of rotatable bonds is 4. The van der Waals surface area contributed by atoms with E-state index in [0.717, 1.165) is 0 Å². The summed E-state index contributed by atoms with van der Waals surface area (Å²) in [6.45, 7) is 0. The van der Waals surface area contributed by atoms with Crippen LogP contribution in [0.15, 0.2) is 12.3 Å². The van der Waals surface area contributed by atoms with Crippen LogP contribution in [0.25, 0.3) is 0 Å². The van der Waals surface area contributed by atoms with Crippen LogP contribution in [-0.2, 0) is 0 Å². The van der Waals surface area contributed by atoms with Gasteiger partial charge in [-0.3, -0.25) is 0 Å². The molecule has 0 bridgehead atoms. The van der Waals surface area contributed by atoms with E-state index in [9.17, 15) is 15.0 Å². The van der Waals surface area contributed by atoms with E-state index in [1.165, 1.54) is 12.3 Å². The Balaban J connectivity index is 2.78. The second-order valence-corrected chi connectivity index (χ2v) is 3.03. The number of aliphatic hydroxyl groups is 2. The molecule has 2 unspecified atom stereocenters. The summed E-state index contributed by atoms with van der Waals surface area (Å²) in [5.41, 5.74) is 0.170. The Morgan fingerprint density at radius 2 is 2.27 bits per heavy atom. The third kappa shape index (κ3) is 2.56. The van der Waals surface area contributed by atoms with E-state index in [2.05, 4.69) is 4.98 Å². The minimum absolute atomic E-state index is 0.0757. The van der Waals surface area contributed by atoms with E-state index >= 15 is 0 Å². The first-order valence-corrected chi connectivity index (χ1v) is 4.21. The fraction of sp³-hybridized carbons (Fsp3) is 0.333. The lowest BCUT2D eigenvalue weighted by atomic mass is 10.1. The molecule has 0 fully saturated rings. The van der Waals surface area contributed by atoms with Gasteiger partial charge in [0.25, 0.3) is 0 Å². The summed E-state index contributed by atoms with van der Waals surface area (Å²) in [4.78, 5) is 12.9. The largest absolute Gasteiger partial charge is 0.477 e. The summed E-state index contributed by atoms with van der Waals surface area (Å²) >= 11 is 0. The van der Waals surface area contributed by atoms with Gasteiger partial charge in [-0.25, -0.2) is 4.79 Å². The number of hydrogen-bond donors (Lipinski definition) is 4. The maximum Gasteiger partial charge on any atom is 0.352 e. The number of H-pyrrole nitrogens is 1. The zero-order valence-electron chi connectivity index (χ0n) is 7.71. The second kappa shape index (κ2) is 4.59. The zero-order valence-corrected chi connectivity index (χ0v) is 7.71. The maximum absolute atomic E-state index is 10.5. The predicted octanol–water partition coefficient (Wildman–Crippen LogP) is 0.0209. The molecule has 15 heavy (non-hydrogen) atoms. The van der Waals surface area contributed by atoms with Gasteiger partial charge in [-0.05, 0) is 6.07 Å². The summed E-state index contributed by atoms with van der Waals surface area (Å²) in [7, 11) is 0. The molecule has 0 radical (unpaired) electrons. The molecule has 6 nitrogen and oxygen atoms in total. The lowest BCUT2D eigenvalue weighted by Gasteiger charge is -2.12. The number of carbonyl (C=O) groups is 1. The molecule has 0 amide bonds. The number of carboxylic acid groups (broad SMARTS) is 1. The molecule has 2 atom stereocenters. The Labute approximate surface area is 85.4 Å². The molecule has 0 aliphatic rings. The van der Waals surface area contributed by atoms with Crippen LogP contribution in [0.1, 0.15) is 28.6 Å². The summed E-state index contributed by atoms with van der Waals surface area (Å²) < 4.78 is 0. The lowest BCUT2D eigenvalue weighted by Crippen LogP contribution is -2.16. The summed E-state index contributed by atoms with van der Waals surface area (Å²) in [6, 6.07) is 2.93. The van der Waals surface area contributed by atoms with Crippen LogP contribution in [0.5, 0.6) is 0 Å². The van der Waals surface area contributed by atoms with Crippen molar-refractivity contribution in [2.24, 2.45) is 0 Å². The first-order chi connectivity index (χ1) is 7.06. The highest BCUT2D eigenvalue weighted by Gasteiger charge is 2.20. The highest BCUT2D eigenvalue weighted by molar-refractivity contribution is 5.85. The highest BCUT2D eigenvalue weighted by Crippen LogP contribution is 2.19. The Kier molecular flexibility index (Phi) is 3.44. The van der Waals surface area contributed by atoms with Crippen LogP contribution < -0.4 is 0 Å². The number of nitrogens with one attached hydrogen (secondary N) is 1. The Bertz CT molecular complexity index is 393. The Morgan fingerprint density at radius 1 is 1.60 bits per heavy atom. The van der Waals surface area contributed by atoms with Gasteiger partial charge in [0.15, 0.2) is 0 Å². The fourth-order valence-electron chi connectivity index (χ4n) is 1.13. The molecule has 0 saturated heterocycles. The highest BCUT2D eigenvalue weighted by atomic mass is 16.4. The molecule has 0 saturated carbocycles. The molecule has 0 spiro atoms. The molecule has 0 aromatic carbocycles. The monoisotopic (exact) mass is 210 g/mol. The van der Waals surface area contributed by atoms with Crippen molar-refractivity contribution in [2.75, 3.05) is 0 Å². The Morgan fingerprint density at radius 3 is 2.73 bits per heavy atom. The maximum atomic E-state index is 10.5. The smallest absolute Gasteiger partial charge is 0.352 e. The Hall–Kier alpha value is -1.84. The van der Waals surface area contributed by atoms with Crippen molar-refractivity contribution in [3.05, 3.63) is 23.5 Å². The predicted molar refractivity (Wildman–Crippen MR) is 48.9 cm³/mol. The fourth-order valence-corrected chi connectivity index (χ4v) is 1.13. The number of aliphatic hydroxyl groups excluding tert-OH is 2. The molecular weight excluding hydrogens is 200 g/mol.